The number of nitrogens with two attached hydrogens (primary N) is 2. The number of nitrogens with zero attached hydrogens (tertiary/aromatic N) is 4. The molecule has 5 amide bonds. The summed E-state index contributed by atoms with van der Waals surface area (Å²) in [5.41, 5.74) is 13.6. The number of nitrogens with one attached hydrogen (secondary N) is 6. The molecule has 0 atom stereocenters. The molecule has 0 spiro atoms. The van der Waals surface area contributed by atoms with E-state index in [0.717, 1.165) is 0 Å². The highest BCUT2D eigenvalue weighted by Crippen LogP contribution is 2.23. The zero-order chi connectivity index (χ0) is 35.3. The van der Waals surface area contributed by atoms with Crippen molar-refractivity contribution in [3.05, 3.63) is 82.4 Å². The van der Waals surface area contributed by atoms with Gasteiger partial charge in [0.25, 0.3) is 29.5 Å². The third kappa shape index (κ3) is 8.21. The van der Waals surface area contributed by atoms with E-state index < -0.39 is 23.6 Å². The van der Waals surface area contributed by atoms with Crippen LogP contribution in [-0.4, -0.2) is 67.3 Å². The number of H-pyrrole nitrogens is 1. The van der Waals surface area contributed by atoms with Crippen LogP contribution in [0.2, 0.25) is 0 Å². The van der Waals surface area contributed by atoms with Gasteiger partial charge in [-0.25, -0.2) is 0 Å². The molecular formula is C30H35BrN12O5. The highest BCUT2D eigenvalue weighted by Gasteiger charge is 2.21. The number of halogens is 1. The standard InChI is InChI=1S/C30H35BrN12O5/c1-15-20(40-28(47)23-9-17(12-43(23)5)37-25(44)16(2)31)11-36-24(15)29(48)39-19-10-22(42(4)14-19)27(46)38-18-8-21(41(3)13-18)26(45)34-6-7-35-30(32)33/h8-14,36H,2,6-7H2,1,3-5H3,(H,34,45)(H,37,44)(H,38,46)(H,39,48)(H,40,47)(H4,32,33,35). The monoisotopic (exact) mass is 722 g/mol. The molecule has 4 rings (SSSR count). The van der Waals surface area contributed by atoms with E-state index in [9.17, 15) is 24.0 Å². The maximum absolute atomic E-state index is 13.2. The van der Waals surface area contributed by atoms with E-state index in [2.05, 4.69) is 59.1 Å². The first-order valence-electron chi connectivity index (χ1n) is 14.2. The van der Waals surface area contributed by atoms with Gasteiger partial charge in [-0.1, -0.05) is 6.58 Å². The molecule has 0 aliphatic heterocycles. The van der Waals surface area contributed by atoms with E-state index in [1.54, 1.807) is 60.4 Å². The molecule has 48 heavy (non-hydrogen) atoms. The molecule has 10 N–H and O–H groups in total. The second-order valence-electron chi connectivity index (χ2n) is 10.7. The number of guanidine groups is 1. The lowest BCUT2D eigenvalue weighted by molar-refractivity contribution is -0.112. The fraction of sp³-hybridized carbons (Fsp3) is 0.200. The molecule has 4 heterocycles. The van der Waals surface area contributed by atoms with E-state index in [1.807, 2.05) is 0 Å². The number of hydrogen-bond acceptors (Lipinski definition) is 6. The summed E-state index contributed by atoms with van der Waals surface area (Å²) in [5, 5.41) is 13.6. The van der Waals surface area contributed by atoms with Crippen LogP contribution in [-0.2, 0) is 25.9 Å². The van der Waals surface area contributed by atoms with Crippen molar-refractivity contribution in [3.63, 3.8) is 0 Å². The van der Waals surface area contributed by atoms with Crippen molar-refractivity contribution in [3.8, 4) is 0 Å². The zero-order valence-corrected chi connectivity index (χ0v) is 28.1. The van der Waals surface area contributed by atoms with Gasteiger partial charge >= 0.3 is 0 Å². The molecule has 17 nitrogen and oxygen atoms in total. The minimum absolute atomic E-state index is 0.0718. The molecule has 0 fully saturated rings. The van der Waals surface area contributed by atoms with Gasteiger partial charge in [0.15, 0.2) is 5.96 Å². The number of amides is 5. The highest BCUT2D eigenvalue weighted by atomic mass is 79.9. The van der Waals surface area contributed by atoms with E-state index in [-0.39, 0.29) is 46.5 Å². The van der Waals surface area contributed by atoms with Crippen LogP contribution in [0.4, 0.5) is 22.7 Å². The number of aromatic nitrogens is 4. The van der Waals surface area contributed by atoms with Gasteiger partial charge in [-0.3, -0.25) is 29.0 Å². The van der Waals surface area contributed by atoms with Crippen LogP contribution >= 0.6 is 15.9 Å². The maximum Gasteiger partial charge on any atom is 0.272 e. The van der Waals surface area contributed by atoms with Gasteiger partial charge < -0.3 is 56.7 Å². The maximum atomic E-state index is 13.2. The average Bonchev–Trinajstić information content (AvgIpc) is 3.76. The fourth-order valence-electron chi connectivity index (χ4n) is 4.66. The van der Waals surface area contributed by atoms with Crippen LogP contribution in [0.5, 0.6) is 0 Å². The number of aromatic amines is 1. The SMILES string of the molecule is C=C(Br)C(=O)Nc1cc(C(=O)Nc2c[nH]c(C(=O)Nc3cc(C(=O)Nc4cc(C(=O)NCCN=C(N)N)n(C)c4)n(C)c3)c2C)n(C)c1. The summed E-state index contributed by atoms with van der Waals surface area (Å²) in [6, 6.07) is 4.54. The van der Waals surface area contributed by atoms with Crippen molar-refractivity contribution in [2.75, 3.05) is 34.4 Å². The minimum Gasteiger partial charge on any atom is -0.370 e. The normalized spacial score (nSPS) is 10.6. The van der Waals surface area contributed by atoms with E-state index in [4.69, 9.17) is 11.5 Å². The topological polar surface area (TPSA) is 240 Å². The Hall–Kier alpha value is -6.04. The number of carbonyl (C=O) groups excluding carboxylic acids is 5. The number of anilines is 4. The highest BCUT2D eigenvalue weighted by molar-refractivity contribution is 9.12. The Bertz CT molecular complexity index is 1960. The first kappa shape index (κ1) is 34.8. The Morgan fingerprint density at radius 2 is 1.27 bits per heavy atom. The quantitative estimate of drug-likeness (QED) is 0.0467. The predicted molar refractivity (Wildman–Crippen MR) is 185 cm³/mol. The van der Waals surface area contributed by atoms with Crippen LogP contribution in [0, 0.1) is 6.92 Å². The molecule has 4 aromatic rings. The number of aryl methyl sites for hydroxylation is 3. The summed E-state index contributed by atoms with van der Waals surface area (Å²) in [4.78, 5) is 70.3. The lowest BCUT2D eigenvalue weighted by atomic mass is 10.2. The summed E-state index contributed by atoms with van der Waals surface area (Å²) < 4.78 is 4.80. The van der Waals surface area contributed by atoms with Crippen molar-refractivity contribution in [2.24, 2.45) is 37.6 Å². The predicted octanol–water partition coefficient (Wildman–Crippen LogP) is 1.95. The summed E-state index contributed by atoms with van der Waals surface area (Å²) in [6.45, 7) is 5.64. The van der Waals surface area contributed by atoms with Gasteiger partial charge in [0, 0.05) is 58.0 Å². The second kappa shape index (κ2) is 14.6. The van der Waals surface area contributed by atoms with Gasteiger partial charge in [-0.15, -0.1) is 0 Å². The first-order chi connectivity index (χ1) is 22.6. The second-order valence-corrected chi connectivity index (χ2v) is 11.6. The largest absolute Gasteiger partial charge is 0.370 e. The molecule has 18 heteroatoms. The first-order valence-corrected chi connectivity index (χ1v) is 15.0. The van der Waals surface area contributed by atoms with Crippen LogP contribution < -0.4 is 38.1 Å². The summed E-state index contributed by atoms with van der Waals surface area (Å²) in [5.74, 6) is -2.31. The summed E-state index contributed by atoms with van der Waals surface area (Å²) >= 11 is 3.01. The van der Waals surface area contributed by atoms with Gasteiger partial charge in [0.05, 0.1) is 33.8 Å². The van der Waals surface area contributed by atoms with E-state index in [0.29, 0.717) is 34.0 Å². The van der Waals surface area contributed by atoms with Gasteiger partial charge in [-0.05, 0) is 41.1 Å². The molecule has 0 aliphatic carbocycles. The molecule has 0 saturated carbocycles. The van der Waals surface area contributed by atoms with E-state index in [1.165, 1.54) is 24.4 Å². The summed E-state index contributed by atoms with van der Waals surface area (Å²) in [7, 11) is 4.97. The lowest BCUT2D eigenvalue weighted by Crippen LogP contribution is -2.29. The number of rotatable bonds is 12. The summed E-state index contributed by atoms with van der Waals surface area (Å²) in [6.07, 6.45) is 6.24. The van der Waals surface area contributed by atoms with Crippen molar-refractivity contribution in [2.45, 2.75) is 6.92 Å². The minimum atomic E-state index is -0.497. The number of aliphatic imine (C=N–C) groups is 1. The van der Waals surface area contributed by atoms with Gasteiger partial charge in [-0.2, -0.15) is 0 Å². The molecule has 0 saturated heterocycles. The third-order valence-corrected chi connectivity index (χ3v) is 7.40. The molecule has 4 aromatic heterocycles. The molecule has 0 radical (unpaired) electrons. The Balaban J connectivity index is 1.38. The number of carbonyl (C=O) groups is 5. The van der Waals surface area contributed by atoms with Crippen LogP contribution in [0.1, 0.15) is 47.5 Å². The Morgan fingerprint density at radius 1 is 0.792 bits per heavy atom. The Labute approximate surface area is 282 Å². The molecule has 0 aromatic carbocycles. The zero-order valence-electron chi connectivity index (χ0n) is 26.5. The van der Waals surface area contributed by atoms with Crippen LogP contribution in [0.25, 0.3) is 0 Å². The molecule has 0 bridgehead atoms. The van der Waals surface area contributed by atoms with Gasteiger partial charge in [0.1, 0.15) is 22.8 Å². The molecular weight excluding hydrogens is 688 g/mol. The average molecular weight is 724 g/mol. The van der Waals surface area contributed by atoms with Crippen LogP contribution in [0.3, 0.4) is 0 Å². The van der Waals surface area contributed by atoms with Crippen molar-refractivity contribution in [1.82, 2.24) is 24.0 Å². The third-order valence-electron chi connectivity index (χ3n) is 7.04. The lowest BCUT2D eigenvalue weighted by Gasteiger charge is -2.06. The number of hydrogen-bond donors (Lipinski definition) is 8. The van der Waals surface area contributed by atoms with Crippen molar-refractivity contribution < 1.29 is 24.0 Å². The fourth-order valence-corrected chi connectivity index (χ4v) is 4.76. The smallest absolute Gasteiger partial charge is 0.272 e. The van der Waals surface area contributed by atoms with Crippen molar-refractivity contribution >= 4 is 74.2 Å². The Morgan fingerprint density at radius 3 is 1.79 bits per heavy atom. The van der Waals surface area contributed by atoms with Crippen LogP contribution in [0.15, 0.2) is 59.0 Å². The molecule has 0 unspecified atom stereocenters. The molecule has 0 aliphatic rings. The van der Waals surface area contributed by atoms with E-state index >= 15 is 0 Å². The molecule has 252 valence electrons. The van der Waals surface area contributed by atoms with Crippen molar-refractivity contribution in [1.29, 1.82) is 0 Å². The van der Waals surface area contributed by atoms with Gasteiger partial charge in [0.2, 0.25) is 0 Å². The Kier molecular flexibility index (Phi) is 10.6.